The van der Waals surface area contributed by atoms with Crippen LogP contribution >= 0.6 is 0 Å². The van der Waals surface area contributed by atoms with Crippen LogP contribution < -0.4 is 5.32 Å². The number of nitrogens with one attached hydrogen (secondary N) is 1. The summed E-state index contributed by atoms with van der Waals surface area (Å²) in [4.78, 5) is 12.3. The van der Waals surface area contributed by atoms with E-state index in [1.54, 1.807) is 0 Å². The van der Waals surface area contributed by atoms with E-state index in [0.29, 0.717) is 19.4 Å². The van der Waals surface area contributed by atoms with E-state index < -0.39 is 12.3 Å². The van der Waals surface area contributed by atoms with Crippen LogP contribution in [-0.4, -0.2) is 37.1 Å². The Bertz CT molecular complexity index is 884. The Morgan fingerprint density at radius 2 is 1.66 bits per heavy atom. The van der Waals surface area contributed by atoms with Crippen molar-refractivity contribution >= 4 is 6.09 Å². The number of carbonyl (C=O) groups is 1. The summed E-state index contributed by atoms with van der Waals surface area (Å²) in [6.45, 7) is 0.660. The molecule has 3 aliphatic carbocycles. The molecule has 0 aliphatic heterocycles. The van der Waals surface area contributed by atoms with E-state index in [4.69, 9.17) is 4.74 Å². The minimum absolute atomic E-state index is 0.00928. The number of carbonyl (C=O) groups excluding carboxylic acids is 1. The Morgan fingerprint density at radius 1 is 1.07 bits per heavy atom. The molecule has 5 rings (SSSR count). The van der Waals surface area contributed by atoms with E-state index in [-0.39, 0.29) is 30.0 Å². The maximum atomic E-state index is 13.2. The first kappa shape index (κ1) is 18.6. The number of amides is 1. The highest BCUT2D eigenvalue weighted by molar-refractivity contribution is 5.79. The van der Waals surface area contributed by atoms with Gasteiger partial charge in [0.1, 0.15) is 12.8 Å². The molecule has 5 heteroatoms. The van der Waals surface area contributed by atoms with Gasteiger partial charge >= 0.3 is 6.09 Å². The summed E-state index contributed by atoms with van der Waals surface area (Å²) in [6.07, 6.45) is 1.60. The molecule has 2 aromatic carbocycles. The minimum Gasteiger partial charge on any atom is -0.449 e. The molecule has 152 valence electrons. The van der Waals surface area contributed by atoms with Gasteiger partial charge in [-0.1, -0.05) is 48.5 Å². The molecule has 0 unspecified atom stereocenters. The maximum Gasteiger partial charge on any atom is 0.407 e. The zero-order chi connectivity index (χ0) is 20.1. The quantitative estimate of drug-likeness (QED) is 0.788. The van der Waals surface area contributed by atoms with Gasteiger partial charge < -0.3 is 15.2 Å². The van der Waals surface area contributed by atoms with Gasteiger partial charge in [0.05, 0.1) is 6.61 Å². The van der Waals surface area contributed by atoms with Gasteiger partial charge in [-0.25, -0.2) is 9.18 Å². The Kier molecular flexibility index (Phi) is 4.39. The number of hydrogen-bond acceptors (Lipinski definition) is 3. The van der Waals surface area contributed by atoms with Gasteiger partial charge in [0.15, 0.2) is 0 Å². The third-order valence-corrected chi connectivity index (χ3v) is 7.10. The van der Waals surface area contributed by atoms with Gasteiger partial charge in [-0.2, -0.15) is 0 Å². The standard InChI is InChI=1S/C24H26FNO3/c25-16-9-23(10-16)12-24(13-23,15-27)14-26-22(28)29-11-21-19-7-3-1-5-17(19)18-6-2-4-8-20(18)21/h1-8,16,21,27H,9-15H2,(H,26,28). The van der Waals surface area contributed by atoms with Crippen molar-refractivity contribution in [2.45, 2.75) is 37.8 Å². The van der Waals surface area contributed by atoms with Crippen molar-refractivity contribution < 1.29 is 19.0 Å². The number of aliphatic hydroxyl groups excluding tert-OH is 1. The highest BCUT2D eigenvalue weighted by Gasteiger charge is 2.60. The van der Waals surface area contributed by atoms with Crippen LogP contribution in [0.25, 0.3) is 11.1 Å². The molecular formula is C24H26FNO3. The molecule has 3 aliphatic rings. The highest BCUT2D eigenvalue weighted by Crippen LogP contribution is 2.64. The summed E-state index contributed by atoms with van der Waals surface area (Å²) in [5, 5.41) is 12.6. The second-order valence-electron chi connectivity index (χ2n) is 9.20. The van der Waals surface area contributed by atoms with Crippen LogP contribution in [0.2, 0.25) is 0 Å². The highest BCUT2D eigenvalue weighted by atomic mass is 19.1. The number of halogens is 1. The lowest BCUT2D eigenvalue weighted by Crippen LogP contribution is -2.59. The van der Waals surface area contributed by atoms with Gasteiger partial charge in [-0.15, -0.1) is 0 Å². The fourth-order valence-electron chi connectivity index (χ4n) is 5.91. The third kappa shape index (κ3) is 3.12. The Labute approximate surface area is 170 Å². The second kappa shape index (κ2) is 6.84. The Balaban J connectivity index is 1.19. The first-order valence-electron chi connectivity index (χ1n) is 10.4. The largest absolute Gasteiger partial charge is 0.449 e. The normalized spacial score (nSPS) is 29.5. The van der Waals surface area contributed by atoms with Crippen molar-refractivity contribution in [3.8, 4) is 11.1 Å². The zero-order valence-electron chi connectivity index (χ0n) is 16.4. The van der Waals surface area contributed by atoms with Gasteiger partial charge in [0.25, 0.3) is 0 Å². The molecular weight excluding hydrogens is 369 g/mol. The molecule has 0 bridgehead atoms. The number of alkyl halides is 1. The van der Waals surface area contributed by atoms with Gasteiger partial charge in [-0.3, -0.25) is 0 Å². The number of aliphatic hydroxyl groups is 1. The van der Waals surface area contributed by atoms with E-state index in [9.17, 15) is 14.3 Å². The SMILES string of the molecule is O=C(NCC1(CO)CC2(CC(F)C2)C1)OCC1c2ccccc2-c2ccccc21. The van der Waals surface area contributed by atoms with Crippen molar-refractivity contribution in [3.63, 3.8) is 0 Å². The molecule has 29 heavy (non-hydrogen) atoms. The van der Waals surface area contributed by atoms with Crippen LogP contribution in [0.1, 0.15) is 42.7 Å². The molecule has 2 aromatic rings. The fraction of sp³-hybridized carbons (Fsp3) is 0.458. The summed E-state index contributed by atoms with van der Waals surface area (Å²) in [5.41, 5.74) is 4.49. The number of ether oxygens (including phenoxy) is 1. The van der Waals surface area contributed by atoms with Crippen LogP contribution in [0.5, 0.6) is 0 Å². The van der Waals surface area contributed by atoms with Gasteiger partial charge in [0, 0.05) is 17.9 Å². The van der Waals surface area contributed by atoms with E-state index in [0.717, 1.165) is 12.8 Å². The lowest BCUT2D eigenvalue weighted by atomic mass is 9.45. The molecule has 0 heterocycles. The van der Waals surface area contributed by atoms with E-state index in [1.165, 1.54) is 22.3 Å². The molecule has 0 saturated heterocycles. The van der Waals surface area contributed by atoms with Crippen molar-refractivity contribution in [1.29, 1.82) is 0 Å². The van der Waals surface area contributed by atoms with Crippen LogP contribution in [0.4, 0.5) is 9.18 Å². The molecule has 1 spiro atoms. The summed E-state index contributed by atoms with van der Waals surface area (Å²) >= 11 is 0. The third-order valence-electron chi connectivity index (χ3n) is 7.10. The molecule has 1 amide bonds. The Hall–Kier alpha value is -2.40. The summed E-state index contributed by atoms with van der Waals surface area (Å²) in [7, 11) is 0. The van der Waals surface area contributed by atoms with E-state index in [2.05, 4.69) is 29.6 Å². The number of benzene rings is 2. The predicted molar refractivity (Wildman–Crippen MR) is 108 cm³/mol. The van der Waals surface area contributed by atoms with Crippen molar-refractivity contribution in [2.24, 2.45) is 10.8 Å². The first-order valence-corrected chi connectivity index (χ1v) is 10.4. The van der Waals surface area contributed by atoms with Crippen molar-refractivity contribution in [2.75, 3.05) is 19.8 Å². The maximum absolute atomic E-state index is 13.2. The molecule has 0 radical (unpaired) electrons. The van der Waals surface area contributed by atoms with Gasteiger partial charge in [0.2, 0.25) is 0 Å². The van der Waals surface area contributed by atoms with Crippen LogP contribution in [0.3, 0.4) is 0 Å². The van der Waals surface area contributed by atoms with Crippen LogP contribution in [0.15, 0.2) is 48.5 Å². The predicted octanol–water partition coefficient (Wildman–Crippen LogP) is 4.42. The van der Waals surface area contributed by atoms with Crippen molar-refractivity contribution in [3.05, 3.63) is 59.7 Å². The average molecular weight is 395 g/mol. The van der Waals surface area contributed by atoms with Crippen LogP contribution in [-0.2, 0) is 4.74 Å². The summed E-state index contributed by atoms with van der Waals surface area (Å²) < 4.78 is 18.8. The van der Waals surface area contributed by atoms with Crippen molar-refractivity contribution in [1.82, 2.24) is 5.32 Å². The molecule has 2 fully saturated rings. The number of fused-ring (bicyclic) bond motifs is 3. The van der Waals surface area contributed by atoms with E-state index in [1.807, 2.05) is 24.3 Å². The first-order chi connectivity index (χ1) is 14.0. The van der Waals surface area contributed by atoms with Gasteiger partial charge in [-0.05, 0) is 53.4 Å². The zero-order valence-corrected chi connectivity index (χ0v) is 16.4. The minimum atomic E-state index is -0.693. The average Bonchev–Trinajstić information content (AvgIpc) is 3.01. The molecule has 0 aromatic heterocycles. The number of alkyl carbamates (subject to hydrolysis) is 1. The molecule has 2 saturated carbocycles. The Morgan fingerprint density at radius 3 is 2.21 bits per heavy atom. The monoisotopic (exact) mass is 395 g/mol. The van der Waals surface area contributed by atoms with E-state index >= 15 is 0 Å². The fourth-order valence-corrected chi connectivity index (χ4v) is 5.91. The van der Waals surface area contributed by atoms with Crippen LogP contribution in [0, 0.1) is 10.8 Å². The summed E-state index contributed by atoms with van der Waals surface area (Å²) in [5.74, 6) is 0.0309. The smallest absolute Gasteiger partial charge is 0.407 e. The lowest BCUT2D eigenvalue weighted by molar-refractivity contribution is -0.148. The summed E-state index contributed by atoms with van der Waals surface area (Å²) in [6, 6.07) is 16.5. The topological polar surface area (TPSA) is 58.6 Å². The number of hydrogen-bond donors (Lipinski definition) is 2. The molecule has 4 nitrogen and oxygen atoms in total. The second-order valence-corrected chi connectivity index (χ2v) is 9.20. The lowest BCUT2D eigenvalue weighted by Gasteiger charge is -2.61. The molecule has 2 N–H and O–H groups in total. The molecule has 0 atom stereocenters. The number of rotatable bonds is 5.